The number of anilines is 2. The Morgan fingerprint density at radius 1 is 1.29 bits per heavy atom. The fraction of sp³-hybridized carbons (Fsp3) is 0.167. The number of rotatable bonds is 2. The SMILES string of the molecule is Cc1ccc(Nc2ncc(Br)cc2F)c(C)n1. The van der Waals surface area contributed by atoms with Gasteiger partial charge in [0.25, 0.3) is 0 Å². The molecule has 0 radical (unpaired) electrons. The van der Waals surface area contributed by atoms with Gasteiger partial charge in [-0.25, -0.2) is 9.37 Å². The second-order valence-electron chi connectivity index (χ2n) is 3.69. The van der Waals surface area contributed by atoms with Crippen LogP contribution < -0.4 is 5.32 Å². The van der Waals surface area contributed by atoms with E-state index in [-0.39, 0.29) is 5.82 Å². The van der Waals surface area contributed by atoms with Gasteiger partial charge in [0.15, 0.2) is 11.6 Å². The van der Waals surface area contributed by atoms with Crippen LogP contribution in [0.25, 0.3) is 0 Å². The maximum Gasteiger partial charge on any atom is 0.166 e. The van der Waals surface area contributed by atoms with Crippen molar-refractivity contribution in [2.75, 3.05) is 5.32 Å². The molecule has 0 amide bonds. The third-order valence-corrected chi connectivity index (χ3v) is 2.72. The first-order chi connectivity index (χ1) is 8.06. The third-order valence-electron chi connectivity index (χ3n) is 2.29. The van der Waals surface area contributed by atoms with Crippen molar-refractivity contribution in [2.45, 2.75) is 13.8 Å². The summed E-state index contributed by atoms with van der Waals surface area (Å²) in [7, 11) is 0. The second-order valence-corrected chi connectivity index (χ2v) is 4.61. The molecule has 2 aromatic rings. The Balaban J connectivity index is 2.31. The van der Waals surface area contributed by atoms with Gasteiger partial charge < -0.3 is 5.32 Å². The van der Waals surface area contributed by atoms with E-state index >= 15 is 0 Å². The molecule has 0 atom stereocenters. The highest BCUT2D eigenvalue weighted by Gasteiger charge is 2.06. The van der Waals surface area contributed by atoms with Crippen molar-refractivity contribution in [1.82, 2.24) is 9.97 Å². The summed E-state index contributed by atoms with van der Waals surface area (Å²) < 4.78 is 14.2. The summed E-state index contributed by atoms with van der Waals surface area (Å²) in [6.07, 6.45) is 1.54. The van der Waals surface area contributed by atoms with E-state index in [9.17, 15) is 4.39 Å². The molecule has 0 aliphatic carbocycles. The fourth-order valence-electron chi connectivity index (χ4n) is 1.45. The molecule has 0 saturated heterocycles. The zero-order chi connectivity index (χ0) is 12.4. The minimum absolute atomic E-state index is 0.196. The fourth-order valence-corrected chi connectivity index (χ4v) is 1.76. The summed E-state index contributed by atoms with van der Waals surface area (Å²) in [4.78, 5) is 8.27. The third kappa shape index (κ3) is 2.79. The van der Waals surface area contributed by atoms with Crippen molar-refractivity contribution in [2.24, 2.45) is 0 Å². The van der Waals surface area contributed by atoms with E-state index in [4.69, 9.17) is 0 Å². The summed E-state index contributed by atoms with van der Waals surface area (Å²) in [6, 6.07) is 5.10. The Morgan fingerprint density at radius 3 is 2.71 bits per heavy atom. The van der Waals surface area contributed by atoms with Crippen molar-refractivity contribution in [1.29, 1.82) is 0 Å². The number of nitrogens with one attached hydrogen (secondary N) is 1. The number of aromatic nitrogens is 2. The second kappa shape index (κ2) is 4.79. The molecule has 5 heteroatoms. The van der Waals surface area contributed by atoms with E-state index in [0.29, 0.717) is 4.47 Å². The van der Waals surface area contributed by atoms with E-state index in [1.165, 1.54) is 6.07 Å². The summed E-state index contributed by atoms with van der Waals surface area (Å²) in [5.41, 5.74) is 2.50. The molecule has 17 heavy (non-hydrogen) atoms. The zero-order valence-corrected chi connectivity index (χ0v) is 11.0. The Morgan fingerprint density at radius 2 is 2.06 bits per heavy atom. The van der Waals surface area contributed by atoms with Crippen molar-refractivity contribution >= 4 is 27.4 Å². The quantitative estimate of drug-likeness (QED) is 0.917. The van der Waals surface area contributed by atoms with Crippen molar-refractivity contribution in [3.63, 3.8) is 0 Å². The minimum atomic E-state index is -0.403. The average molecular weight is 296 g/mol. The first-order valence-electron chi connectivity index (χ1n) is 5.08. The Kier molecular flexibility index (Phi) is 3.38. The Bertz CT molecular complexity index is 508. The van der Waals surface area contributed by atoms with Gasteiger partial charge in [-0.05, 0) is 48.0 Å². The molecule has 0 saturated carbocycles. The van der Waals surface area contributed by atoms with E-state index < -0.39 is 5.82 Å². The predicted octanol–water partition coefficient (Wildman–Crippen LogP) is 3.74. The van der Waals surface area contributed by atoms with Gasteiger partial charge in [0, 0.05) is 16.4 Å². The molecule has 2 rings (SSSR count). The van der Waals surface area contributed by atoms with Gasteiger partial charge in [-0.15, -0.1) is 0 Å². The number of hydrogen-bond donors (Lipinski definition) is 1. The lowest BCUT2D eigenvalue weighted by Gasteiger charge is -2.09. The molecule has 88 valence electrons. The first kappa shape index (κ1) is 12.0. The molecule has 0 bridgehead atoms. The molecule has 0 aliphatic rings. The van der Waals surface area contributed by atoms with Crippen LogP contribution in [0.4, 0.5) is 15.9 Å². The van der Waals surface area contributed by atoms with E-state index in [1.807, 2.05) is 26.0 Å². The van der Waals surface area contributed by atoms with Crippen molar-refractivity contribution in [3.05, 3.63) is 46.1 Å². The van der Waals surface area contributed by atoms with Crippen LogP contribution in [0.1, 0.15) is 11.4 Å². The molecule has 1 N–H and O–H groups in total. The molecule has 2 aromatic heterocycles. The lowest BCUT2D eigenvalue weighted by Crippen LogP contribution is -2.00. The number of halogens is 2. The zero-order valence-electron chi connectivity index (χ0n) is 9.46. The van der Waals surface area contributed by atoms with Crippen LogP contribution in [0.3, 0.4) is 0 Å². The van der Waals surface area contributed by atoms with Crippen LogP contribution >= 0.6 is 15.9 Å². The highest BCUT2D eigenvalue weighted by Crippen LogP contribution is 2.22. The summed E-state index contributed by atoms with van der Waals surface area (Å²) in [6.45, 7) is 3.78. The molecule has 0 unspecified atom stereocenters. The number of nitrogens with zero attached hydrogens (tertiary/aromatic N) is 2. The molecular formula is C12H11BrFN3. The molecule has 0 fully saturated rings. The lowest BCUT2D eigenvalue weighted by molar-refractivity contribution is 0.625. The summed E-state index contributed by atoms with van der Waals surface area (Å²) in [5.74, 6) is -0.207. The number of aryl methyl sites for hydroxylation is 2. The molecule has 3 nitrogen and oxygen atoms in total. The molecule has 0 aliphatic heterocycles. The van der Waals surface area contributed by atoms with Crippen LogP contribution in [0, 0.1) is 19.7 Å². The van der Waals surface area contributed by atoms with Crippen LogP contribution in [0.2, 0.25) is 0 Å². The molecular weight excluding hydrogens is 285 g/mol. The molecule has 0 aromatic carbocycles. The number of hydrogen-bond acceptors (Lipinski definition) is 3. The molecule has 0 spiro atoms. The van der Waals surface area contributed by atoms with E-state index in [1.54, 1.807) is 6.20 Å². The maximum atomic E-state index is 13.6. The predicted molar refractivity (Wildman–Crippen MR) is 68.9 cm³/mol. The lowest BCUT2D eigenvalue weighted by atomic mass is 10.2. The van der Waals surface area contributed by atoms with Crippen LogP contribution in [0.5, 0.6) is 0 Å². The smallest absolute Gasteiger partial charge is 0.166 e. The van der Waals surface area contributed by atoms with Gasteiger partial charge in [0.2, 0.25) is 0 Å². The largest absolute Gasteiger partial charge is 0.336 e. The van der Waals surface area contributed by atoms with Gasteiger partial charge in [-0.2, -0.15) is 0 Å². The standard InChI is InChI=1S/C12H11BrFN3/c1-7-3-4-11(8(2)16-7)17-12-10(14)5-9(13)6-15-12/h3-6H,1-2H3,(H,15,17). The van der Waals surface area contributed by atoms with E-state index in [2.05, 4.69) is 31.2 Å². The molecule has 2 heterocycles. The van der Waals surface area contributed by atoms with E-state index in [0.717, 1.165) is 17.1 Å². The Hall–Kier alpha value is -1.49. The monoisotopic (exact) mass is 295 g/mol. The first-order valence-corrected chi connectivity index (χ1v) is 5.88. The van der Waals surface area contributed by atoms with Gasteiger partial charge in [-0.3, -0.25) is 4.98 Å². The van der Waals surface area contributed by atoms with Crippen molar-refractivity contribution < 1.29 is 4.39 Å². The normalized spacial score (nSPS) is 10.4. The van der Waals surface area contributed by atoms with Crippen LogP contribution in [-0.2, 0) is 0 Å². The highest BCUT2D eigenvalue weighted by molar-refractivity contribution is 9.10. The summed E-state index contributed by atoms with van der Waals surface area (Å²) >= 11 is 3.16. The van der Waals surface area contributed by atoms with Crippen molar-refractivity contribution in [3.8, 4) is 0 Å². The topological polar surface area (TPSA) is 37.8 Å². The minimum Gasteiger partial charge on any atom is -0.336 e. The maximum absolute atomic E-state index is 13.6. The van der Waals surface area contributed by atoms with Crippen LogP contribution in [0.15, 0.2) is 28.9 Å². The Labute approximate surface area is 107 Å². The van der Waals surface area contributed by atoms with Gasteiger partial charge in [-0.1, -0.05) is 0 Å². The van der Waals surface area contributed by atoms with Gasteiger partial charge in [0.1, 0.15) is 0 Å². The summed E-state index contributed by atoms with van der Waals surface area (Å²) in [5, 5.41) is 2.93. The average Bonchev–Trinajstić information content (AvgIpc) is 2.25. The van der Waals surface area contributed by atoms with Gasteiger partial charge >= 0.3 is 0 Å². The van der Waals surface area contributed by atoms with Gasteiger partial charge in [0.05, 0.1) is 11.4 Å². The highest BCUT2D eigenvalue weighted by atomic mass is 79.9. The number of pyridine rings is 2. The van der Waals surface area contributed by atoms with Crippen LogP contribution in [-0.4, -0.2) is 9.97 Å².